The minimum absolute atomic E-state index is 0.0340. The molecule has 1 N–H and O–H groups in total. The molecule has 0 saturated carbocycles. The molecule has 1 unspecified atom stereocenters. The maximum Gasteiger partial charge on any atom is 0.356 e. The lowest BCUT2D eigenvalue weighted by Gasteiger charge is -2.32. The van der Waals surface area contributed by atoms with Gasteiger partial charge in [0.2, 0.25) is 5.91 Å². The molecule has 1 amide bonds. The van der Waals surface area contributed by atoms with Crippen molar-refractivity contribution in [3.63, 3.8) is 0 Å². The van der Waals surface area contributed by atoms with E-state index in [0.29, 0.717) is 56.2 Å². The third-order valence-electron chi connectivity index (χ3n) is 6.12. The predicted octanol–water partition coefficient (Wildman–Crippen LogP) is 0.670. The molecule has 0 radical (unpaired) electrons. The second-order valence-electron chi connectivity index (χ2n) is 8.66. The van der Waals surface area contributed by atoms with E-state index in [1.54, 1.807) is 16.5 Å². The van der Waals surface area contributed by atoms with E-state index in [0.717, 1.165) is 12.1 Å². The van der Waals surface area contributed by atoms with Crippen molar-refractivity contribution < 1.29 is 14.7 Å². The van der Waals surface area contributed by atoms with Crippen LogP contribution in [0.15, 0.2) is 4.79 Å². The first-order valence-corrected chi connectivity index (χ1v) is 10.5. The highest BCUT2D eigenvalue weighted by molar-refractivity contribution is 5.88. The molecule has 0 fully saturated rings. The molecule has 10 nitrogen and oxygen atoms in total. The molecule has 0 spiro atoms. The fourth-order valence-electron chi connectivity index (χ4n) is 4.41. The minimum atomic E-state index is -1.06. The Morgan fingerprint density at radius 3 is 2.70 bits per heavy atom. The van der Waals surface area contributed by atoms with Gasteiger partial charge in [-0.3, -0.25) is 14.0 Å². The molecule has 1 atom stereocenters. The van der Waals surface area contributed by atoms with Gasteiger partial charge in [0.05, 0.1) is 5.92 Å². The number of amides is 1. The number of carbonyl (C=O) groups is 2. The third kappa shape index (κ3) is 3.54. The smallest absolute Gasteiger partial charge is 0.356 e. The summed E-state index contributed by atoms with van der Waals surface area (Å²) in [6.45, 7) is 6.03. The van der Waals surface area contributed by atoms with Crippen LogP contribution in [0, 0.1) is 11.8 Å². The zero-order valence-electron chi connectivity index (χ0n) is 17.7. The first-order valence-electron chi connectivity index (χ1n) is 10.5. The van der Waals surface area contributed by atoms with Crippen LogP contribution in [0.3, 0.4) is 0 Å². The number of fused-ring (bicyclic) bond motifs is 2. The number of aryl methyl sites for hydroxylation is 3. The first kappa shape index (κ1) is 20.4. The number of carboxylic acids is 1. The molecule has 0 saturated heterocycles. The Labute approximate surface area is 174 Å². The number of aromatic nitrogens is 5. The fraction of sp³-hybridized carbons (Fsp3) is 0.650. The van der Waals surface area contributed by atoms with Gasteiger partial charge in [-0.05, 0) is 18.8 Å². The lowest BCUT2D eigenvalue weighted by molar-refractivity contribution is -0.137. The van der Waals surface area contributed by atoms with Crippen LogP contribution in [0.1, 0.15) is 54.3 Å². The third-order valence-corrected chi connectivity index (χ3v) is 6.12. The molecular weight excluding hydrogens is 388 g/mol. The van der Waals surface area contributed by atoms with E-state index in [9.17, 15) is 19.5 Å². The molecule has 2 aliphatic heterocycles. The monoisotopic (exact) mass is 416 g/mol. The molecule has 4 heterocycles. The van der Waals surface area contributed by atoms with Gasteiger partial charge in [0.15, 0.2) is 5.69 Å². The summed E-state index contributed by atoms with van der Waals surface area (Å²) in [6, 6.07) is 0. The van der Waals surface area contributed by atoms with Crippen molar-refractivity contribution >= 4 is 11.9 Å². The highest BCUT2D eigenvalue weighted by atomic mass is 16.4. The summed E-state index contributed by atoms with van der Waals surface area (Å²) in [6.07, 6.45) is 2.72. The summed E-state index contributed by atoms with van der Waals surface area (Å²) < 4.78 is 4.69. The highest BCUT2D eigenvalue weighted by Crippen LogP contribution is 2.27. The number of rotatable bonds is 5. The van der Waals surface area contributed by atoms with E-state index in [1.165, 1.54) is 4.68 Å². The van der Waals surface area contributed by atoms with E-state index >= 15 is 0 Å². The first-order chi connectivity index (χ1) is 14.3. The zero-order valence-corrected chi connectivity index (χ0v) is 17.7. The van der Waals surface area contributed by atoms with Gasteiger partial charge < -0.3 is 10.0 Å². The summed E-state index contributed by atoms with van der Waals surface area (Å²) in [7, 11) is 1.61. The van der Waals surface area contributed by atoms with Crippen molar-refractivity contribution in [3.8, 4) is 0 Å². The maximum atomic E-state index is 13.2. The summed E-state index contributed by atoms with van der Waals surface area (Å²) in [5.74, 6) is -0.189. The van der Waals surface area contributed by atoms with Crippen LogP contribution in [-0.2, 0) is 44.3 Å². The Morgan fingerprint density at radius 2 is 2.00 bits per heavy atom. The quantitative estimate of drug-likeness (QED) is 0.766. The minimum Gasteiger partial charge on any atom is -0.476 e. The van der Waals surface area contributed by atoms with E-state index in [-0.39, 0.29) is 29.8 Å². The number of hydrogen-bond donors (Lipinski definition) is 1. The van der Waals surface area contributed by atoms with Crippen LogP contribution in [0.2, 0.25) is 0 Å². The van der Waals surface area contributed by atoms with Gasteiger partial charge in [0.1, 0.15) is 5.82 Å². The van der Waals surface area contributed by atoms with Gasteiger partial charge in [-0.25, -0.2) is 14.3 Å². The normalized spacial score (nSPS) is 18.4. The van der Waals surface area contributed by atoms with E-state index in [1.807, 2.05) is 4.68 Å². The Balaban J connectivity index is 1.54. The highest BCUT2D eigenvalue weighted by Gasteiger charge is 2.35. The van der Waals surface area contributed by atoms with Crippen molar-refractivity contribution in [2.45, 2.75) is 59.2 Å². The lowest BCUT2D eigenvalue weighted by Crippen LogP contribution is -2.44. The molecule has 30 heavy (non-hydrogen) atoms. The summed E-state index contributed by atoms with van der Waals surface area (Å²) in [4.78, 5) is 38.9. The number of aromatic carboxylic acids is 1. The summed E-state index contributed by atoms with van der Waals surface area (Å²) in [5, 5.41) is 18.2. The van der Waals surface area contributed by atoms with E-state index in [4.69, 9.17) is 0 Å². The number of hydrogen-bond acceptors (Lipinski definition) is 5. The molecule has 2 aromatic heterocycles. The Hall–Kier alpha value is -2.91. The second kappa shape index (κ2) is 7.73. The number of nitrogens with zero attached hydrogens (tertiary/aromatic N) is 6. The van der Waals surface area contributed by atoms with Gasteiger partial charge in [0, 0.05) is 57.3 Å². The molecular formula is C20H28N6O4. The van der Waals surface area contributed by atoms with Crippen molar-refractivity contribution in [1.82, 2.24) is 29.0 Å². The average molecular weight is 416 g/mol. The average Bonchev–Trinajstić information content (AvgIpc) is 3.22. The van der Waals surface area contributed by atoms with E-state index in [2.05, 4.69) is 24.0 Å². The standard InChI is InChI=1S/C20H28N6O4/c1-12(2)6-9-26-15-7-8-24(11-14(15)17(22-26)19(28)29)18(27)13-4-5-16-21-23(3)20(30)25(16)10-13/h12-13H,4-11H2,1-3H3,(H,28,29). The van der Waals surface area contributed by atoms with Gasteiger partial charge in [-0.1, -0.05) is 13.8 Å². The van der Waals surface area contributed by atoms with Crippen LogP contribution < -0.4 is 5.69 Å². The Kier molecular flexibility index (Phi) is 5.25. The fourth-order valence-corrected chi connectivity index (χ4v) is 4.41. The molecule has 0 aliphatic carbocycles. The second-order valence-corrected chi connectivity index (χ2v) is 8.66. The number of carboxylic acid groups (broad SMARTS) is 1. The SMILES string of the molecule is CC(C)CCn1nc(C(=O)O)c2c1CCN(C(=O)C1CCc3nn(C)c(=O)n3C1)C2. The molecule has 2 aromatic rings. The van der Waals surface area contributed by atoms with Crippen molar-refractivity contribution in [3.05, 3.63) is 33.3 Å². The van der Waals surface area contributed by atoms with Gasteiger partial charge >= 0.3 is 11.7 Å². The van der Waals surface area contributed by atoms with Gasteiger partial charge in [-0.2, -0.15) is 10.2 Å². The van der Waals surface area contributed by atoms with Crippen LogP contribution in [-0.4, -0.2) is 52.6 Å². The Bertz CT molecular complexity index is 1050. The largest absolute Gasteiger partial charge is 0.476 e. The van der Waals surface area contributed by atoms with Crippen LogP contribution in [0.4, 0.5) is 0 Å². The number of carbonyl (C=O) groups excluding carboxylic acids is 1. The summed E-state index contributed by atoms with van der Waals surface area (Å²) >= 11 is 0. The molecule has 4 rings (SSSR count). The van der Waals surface area contributed by atoms with Crippen molar-refractivity contribution in [2.24, 2.45) is 18.9 Å². The molecule has 10 heteroatoms. The van der Waals surface area contributed by atoms with Gasteiger partial charge in [-0.15, -0.1) is 0 Å². The summed E-state index contributed by atoms with van der Waals surface area (Å²) in [5.41, 5.74) is 1.40. The molecule has 0 aromatic carbocycles. The van der Waals surface area contributed by atoms with Crippen molar-refractivity contribution in [1.29, 1.82) is 0 Å². The Morgan fingerprint density at radius 1 is 1.23 bits per heavy atom. The maximum absolute atomic E-state index is 13.2. The molecule has 0 bridgehead atoms. The topological polar surface area (TPSA) is 115 Å². The van der Waals surface area contributed by atoms with Crippen LogP contribution >= 0.6 is 0 Å². The lowest BCUT2D eigenvalue weighted by atomic mass is 9.96. The van der Waals surface area contributed by atoms with Gasteiger partial charge in [0.25, 0.3) is 0 Å². The van der Waals surface area contributed by atoms with Crippen LogP contribution in [0.25, 0.3) is 0 Å². The van der Waals surface area contributed by atoms with Crippen molar-refractivity contribution in [2.75, 3.05) is 6.54 Å². The predicted molar refractivity (Wildman–Crippen MR) is 107 cm³/mol. The molecule has 162 valence electrons. The molecule has 2 aliphatic rings. The van der Waals surface area contributed by atoms with Crippen LogP contribution in [0.5, 0.6) is 0 Å². The zero-order chi connectivity index (χ0) is 21.6. The van der Waals surface area contributed by atoms with E-state index < -0.39 is 5.97 Å².